The standard InChI is InChI=1S/C3H8N2.CH4O3S/c1-5(2)3-4;1-5(2,3)4/h3-4H,1-2H3;1H3,(H,2,3,4). The van der Waals surface area contributed by atoms with Crippen molar-refractivity contribution in [3.05, 3.63) is 0 Å². The van der Waals surface area contributed by atoms with Crippen LogP contribution in [-0.4, -0.2) is 44.2 Å². The number of hydrogen-bond acceptors (Lipinski definition) is 3. The second-order valence-corrected chi connectivity index (χ2v) is 3.23. The number of rotatable bonds is 0. The molecule has 0 saturated heterocycles. The normalized spacial score (nSPS) is 9.20. The van der Waals surface area contributed by atoms with E-state index in [4.69, 9.17) is 18.7 Å². The smallest absolute Gasteiger partial charge is 0.229 e. The SMILES string of the molecule is CS(=O)(=O)[O-].C[N+](C)=CN. The average molecular weight is 168 g/mol. The van der Waals surface area contributed by atoms with Crippen LogP contribution in [0.3, 0.4) is 0 Å². The van der Waals surface area contributed by atoms with Crippen LogP contribution in [0.5, 0.6) is 0 Å². The minimum atomic E-state index is -3.92. The third kappa shape index (κ3) is 158. The second kappa shape index (κ2) is 5.19. The van der Waals surface area contributed by atoms with Gasteiger partial charge in [0.1, 0.15) is 0 Å². The third-order valence-electron chi connectivity index (χ3n) is 0.298. The van der Waals surface area contributed by atoms with Gasteiger partial charge in [0.05, 0.1) is 24.2 Å². The lowest BCUT2D eigenvalue weighted by molar-refractivity contribution is -0.460. The summed E-state index contributed by atoms with van der Waals surface area (Å²) in [7, 11) is -0.167. The molecule has 0 aromatic heterocycles. The van der Waals surface area contributed by atoms with Crippen LogP contribution in [0.25, 0.3) is 0 Å². The first-order valence-corrected chi connectivity index (χ1v) is 4.21. The minimum absolute atomic E-state index is 0.604. The van der Waals surface area contributed by atoms with E-state index in [2.05, 4.69) is 0 Å². The van der Waals surface area contributed by atoms with E-state index in [1.807, 2.05) is 14.1 Å². The Bertz CT molecular complexity index is 183. The molecule has 0 fully saturated rings. The molecule has 5 nitrogen and oxygen atoms in total. The first-order chi connectivity index (χ1) is 4.27. The third-order valence-corrected chi connectivity index (χ3v) is 0.298. The quantitative estimate of drug-likeness (QED) is 0.204. The van der Waals surface area contributed by atoms with Crippen LogP contribution in [0.4, 0.5) is 0 Å². The van der Waals surface area contributed by atoms with Crippen molar-refractivity contribution < 1.29 is 17.5 Å². The zero-order valence-corrected chi connectivity index (χ0v) is 7.05. The Morgan fingerprint density at radius 3 is 1.60 bits per heavy atom. The number of nitrogens with two attached hydrogens (primary N) is 1. The maximum absolute atomic E-state index is 9.08. The summed E-state index contributed by atoms with van der Waals surface area (Å²) in [6.45, 7) is 0. The fourth-order valence-corrected chi connectivity index (χ4v) is 0. The number of nitrogens with zero attached hydrogens (tertiary/aromatic N) is 1. The highest BCUT2D eigenvalue weighted by atomic mass is 32.2. The van der Waals surface area contributed by atoms with E-state index in [9.17, 15) is 0 Å². The first kappa shape index (κ1) is 12.1. The summed E-state index contributed by atoms with van der Waals surface area (Å²) in [5.41, 5.74) is 4.97. The van der Waals surface area contributed by atoms with Crippen molar-refractivity contribution in [3.8, 4) is 0 Å². The van der Waals surface area contributed by atoms with Crippen molar-refractivity contribution in [1.82, 2.24) is 0 Å². The predicted molar refractivity (Wildman–Crippen MR) is 38.0 cm³/mol. The second-order valence-electron chi connectivity index (χ2n) is 1.82. The van der Waals surface area contributed by atoms with Crippen molar-refractivity contribution in [2.75, 3.05) is 20.4 Å². The monoisotopic (exact) mass is 168 g/mol. The fourth-order valence-electron chi connectivity index (χ4n) is 0. The minimum Gasteiger partial charge on any atom is -0.748 e. The molecular formula is C4H12N2O3S. The Balaban J connectivity index is 0. The maximum atomic E-state index is 9.08. The molecule has 0 unspecified atom stereocenters. The van der Waals surface area contributed by atoms with Gasteiger partial charge in [0.15, 0.2) is 0 Å². The molecule has 0 aliphatic heterocycles. The van der Waals surface area contributed by atoms with Crippen molar-refractivity contribution >= 4 is 16.5 Å². The Morgan fingerprint density at radius 1 is 1.50 bits per heavy atom. The van der Waals surface area contributed by atoms with Gasteiger partial charge in [-0.05, 0) is 0 Å². The lowest BCUT2D eigenvalue weighted by Crippen LogP contribution is -2.05. The van der Waals surface area contributed by atoms with E-state index < -0.39 is 10.1 Å². The molecule has 62 valence electrons. The van der Waals surface area contributed by atoms with Gasteiger partial charge in [0, 0.05) is 6.26 Å². The van der Waals surface area contributed by atoms with Crippen LogP contribution < -0.4 is 5.73 Å². The topological polar surface area (TPSA) is 86.2 Å². The molecular weight excluding hydrogens is 156 g/mol. The zero-order chi connectivity index (χ0) is 8.78. The van der Waals surface area contributed by atoms with E-state index in [0.717, 1.165) is 0 Å². The molecule has 0 aromatic carbocycles. The Hall–Kier alpha value is -0.620. The molecule has 0 aliphatic carbocycles. The summed E-state index contributed by atoms with van der Waals surface area (Å²) in [6, 6.07) is 0. The summed E-state index contributed by atoms with van der Waals surface area (Å²) in [5, 5.41) is 0. The van der Waals surface area contributed by atoms with Crippen LogP contribution >= 0.6 is 0 Å². The van der Waals surface area contributed by atoms with Crippen molar-refractivity contribution in [3.63, 3.8) is 0 Å². The molecule has 0 amide bonds. The number of hydrogen-bond donors (Lipinski definition) is 1. The van der Waals surface area contributed by atoms with E-state index in [1.54, 1.807) is 4.58 Å². The fraction of sp³-hybridized carbons (Fsp3) is 0.750. The Morgan fingerprint density at radius 2 is 1.60 bits per heavy atom. The van der Waals surface area contributed by atoms with Crippen molar-refractivity contribution in [2.24, 2.45) is 5.73 Å². The van der Waals surface area contributed by atoms with Crippen LogP contribution in [0.2, 0.25) is 0 Å². The molecule has 0 bridgehead atoms. The van der Waals surface area contributed by atoms with Gasteiger partial charge in [0.25, 0.3) is 0 Å². The highest BCUT2D eigenvalue weighted by Crippen LogP contribution is 1.59. The largest absolute Gasteiger partial charge is 0.748 e. The molecule has 6 heteroatoms. The predicted octanol–water partition coefficient (Wildman–Crippen LogP) is -1.59. The highest BCUT2D eigenvalue weighted by molar-refractivity contribution is 7.84. The molecule has 0 atom stereocenters. The first-order valence-electron chi connectivity index (χ1n) is 2.39. The molecule has 0 saturated carbocycles. The van der Waals surface area contributed by atoms with Gasteiger partial charge in [-0.25, -0.2) is 8.42 Å². The molecule has 0 spiro atoms. The molecule has 0 heterocycles. The Kier molecular flexibility index (Phi) is 6.27. The van der Waals surface area contributed by atoms with Gasteiger partial charge in [0.2, 0.25) is 6.34 Å². The molecule has 0 rings (SSSR count). The van der Waals surface area contributed by atoms with E-state index in [0.29, 0.717) is 6.26 Å². The molecule has 10 heavy (non-hydrogen) atoms. The van der Waals surface area contributed by atoms with Crippen molar-refractivity contribution in [2.45, 2.75) is 0 Å². The van der Waals surface area contributed by atoms with Gasteiger partial charge >= 0.3 is 0 Å². The van der Waals surface area contributed by atoms with E-state index in [-0.39, 0.29) is 0 Å². The van der Waals surface area contributed by atoms with E-state index >= 15 is 0 Å². The lowest BCUT2D eigenvalue weighted by atomic mass is 11.1. The van der Waals surface area contributed by atoms with Gasteiger partial charge in [-0.15, -0.1) is 0 Å². The van der Waals surface area contributed by atoms with E-state index in [1.165, 1.54) is 6.34 Å². The lowest BCUT2D eigenvalue weighted by Gasteiger charge is -1.90. The molecule has 0 aromatic rings. The molecule has 2 N–H and O–H groups in total. The van der Waals surface area contributed by atoms with Gasteiger partial charge in [-0.2, -0.15) is 0 Å². The van der Waals surface area contributed by atoms with Gasteiger partial charge in [-0.1, -0.05) is 0 Å². The molecule has 0 aliphatic rings. The summed E-state index contributed by atoms with van der Waals surface area (Å²) in [6.07, 6.45) is 2.10. The zero-order valence-electron chi connectivity index (χ0n) is 6.23. The van der Waals surface area contributed by atoms with Crippen LogP contribution in [0.1, 0.15) is 0 Å². The molecule has 0 radical (unpaired) electrons. The summed E-state index contributed by atoms with van der Waals surface area (Å²) in [4.78, 5) is 0. The maximum Gasteiger partial charge on any atom is 0.229 e. The van der Waals surface area contributed by atoms with Gasteiger partial charge < -0.3 is 4.55 Å². The summed E-state index contributed by atoms with van der Waals surface area (Å²) >= 11 is 0. The average Bonchev–Trinajstić information content (AvgIpc) is 1.61. The van der Waals surface area contributed by atoms with Crippen molar-refractivity contribution in [1.29, 1.82) is 0 Å². The summed E-state index contributed by atoms with van der Waals surface area (Å²) in [5.74, 6) is 0. The van der Waals surface area contributed by atoms with Crippen LogP contribution in [0.15, 0.2) is 0 Å². The van der Waals surface area contributed by atoms with Crippen LogP contribution in [-0.2, 0) is 10.1 Å². The highest BCUT2D eigenvalue weighted by Gasteiger charge is 1.65. The summed E-state index contributed by atoms with van der Waals surface area (Å²) < 4.78 is 29.0. The van der Waals surface area contributed by atoms with Crippen LogP contribution in [0, 0.1) is 0 Å². The van der Waals surface area contributed by atoms with Gasteiger partial charge in [-0.3, -0.25) is 10.3 Å². The Labute approximate surface area is 60.9 Å².